The number of nitrogens with one attached hydrogen (secondary N) is 2. The topological polar surface area (TPSA) is 81.1 Å². The molecular weight excluding hydrogens is 405 g/mol. The first kappa shape index (κ1) is 20.2. The number of nitrogens with zero attached hydrogens (tertiary/aromatic N) is 3. The molecule has 2 heterocycles. The Morgan fingerprint density at radius 2 is 2.07 bits per heavy atom. The quantitative estimate of drug-likeness (QED) is 0.623. The first-order valence-electron chi connectivity index (χ1n) is 9.67. The highest BCUT2D eigenvalue weighted by molar-refractivity contribution is 8.00. The molecule has 156 valence electrons. The third-order valence-electron chi connectivity index (χ3n) is 4.80. The van der Waals surface area contributed by atoms with Crippen LogP contribution in [0.2, 0.25) is 0 Å². The molecule has 2 atom stereocenters. The highest BCUT2D eigenvalue weighted by Crippen LogP contribution is 2.37. The Balaban J connectivity index is 1.65. The van der Waals surface area contributed by atoms with Gasteiger partial charge in [0.2, 0.25) is 11.1 Å². The number of amides is 1. The Labute approximate surface area is 178 Å². The highest BCUT2D eigenvalue weighted by Gasteiger charge is 2.37. The standard InChI is InChI=1S/C21H22FN5O2S/c1-3-5-17-24-25-21-27(17)26-18(13-8-10-14(22)11-9-13)19(30-21)20(28)23-15-6-4-7-16(12-15)29-2/h4,6-12,18-19,26H,3,5H2,1-2H3,(H,23,28). The van der Waals surface area contributed by atoms with Crippen LogP contribution < -0.4 is 15.5 Å². The number of thioether (sulfide) groups is 1. The molecule has 7 nitrogen and oxygen atoms in total. The Hall–Kier alpha value is -3.07. The number of methoxy groups -OCH3 is 1. The minimum Gasteiger partial charge on any atom is -0.497 e. The van der Waals surface area contributed by atoms with Crippen LogP contribution in [0.3, 0.4) is 0 Å². The van der Waals surface area contributed by atoms with E-state index in [9.17, 15) is 9.18 Å². The summed E-state index contributed by atoms with van der Waals surface area (Å²) in [6.07, 6.45) is 1.68. The van der Waals surface area contributed by atoms with Crippen LogP contribution in [0.5, 0.6) is 5.75 Å². The molecule has 1 aliphatic heterocycles. The van der Waals surface area contributed by atoms with Crippen molar-refractivity contribution in [2.45, 2.75) is 36.2 Å². The van der Waals surface area contributed by atoms with Gasteiger partial charge < -0.3 is 15.5 Å². The van der Waals surface area contributed by atoms with E-state index in [1.165, 1.54) is 23.9 Å². The van der Waals surface area contributed by atoms with Crippen LogP contribution in [0.4, 0.5) is 10.1 Å². The number of carbonyl (C=O) groups is 1. The second kappa shape index (κ2) is 8.74. The summed E-state index contributed by atoms with van der Waals surface area (Å²) in [6.45, 7) is 2.07. The Kier molecular flexibility index (Phi) is 5.89. The molecule has 0 saturated carbocycles. The first-order chi connectivity index (χ1) is 14.6. The second-order valence-corrected chi connectivity index (χ2v) is 8.01. The van der Waals surface area contributed by atoms with Gasteiger partial charge in [0.1, 0.15) is 16.8 Å². The number of aromatic nitrogens is 3. The van der Waals surface area contributed by atoms with Crippen molar-refractivity contribution in [3.05, 3.63) is 65.7 Å². The fourth-order valence-electron chi connectivity index (χ4n) is 3.32. The smallest absolute Gasteiger partial charge is 0.240 e. The van der Waals surface area contributed by atoms with E-state index in [0.29, 0.717) is 16.6 Å². The summed E-state index contributed by atoms with van der Waals surface area (Å²) in [5.74, 6) is 0.942. The number of halogens is 1. The number of ether oxygens (including phenoxy) is 1. The minimum atomic E-state index is -0.534. The molecule has 0 spiro atoms. The van der Waals surface area contributed by atoms with Crippen LogP contribution in [-0.4, -0.2) is 33.1 Å². The van der Waals surface area contributed by atoms with Gasteiger partial charge in [0.15, 0.2) is 5.82 Å². The van der Waals surface area contributed by atoms with E-state index < -0.39 is 5.25 Å². The first-order valence-corrected chi connectivity index (χ1v) is 10.5. The number of benzene rings is 2. The minimum absolute atomic E-state index is 0.193. The average Bonchev–Trinajstić information content (AvgIpc) is 3.15. The van der Waals surface area contributed by atoms with Crippen molar-refractivity contribution in [2.75, 3.05) is 17.9 Å². The fourth-order valence-corrected chi connectivity index (χ4v) is 4.42. The Morgan fingerprint density at radius 1 is 1.27 bits per heavy atom. The number of aryl methyl sites for hydroxylation is 1. The third-order valence-corrected chi connectivity index (χ3v) is 6.02. The highest BCUT2D eigenvalue weighted by atomic mass is 32.2. The van der Waals surface area contributed by atoms with Crippen LogP contribution in [-0.2, 0) is 11.2 Å². The van der Waals surface area contributed by atoms with Gasteiger partial charge in [0.25, 0.3) is 0 Å². The Bertz CT molecular complexity index is 1040. The van der Waals surface area contributed by atoms with Crippen molar-refractivity contribution >= 4 is 23.4 Å². The van der Waals surface area contributed by atoms with Gasteiger partial charge in [-0.2, -0.15) is 0 Å². The summed E-state index contributed by atoms with van der Waals surface area (Å²) in [5, 5.41) is 11.5. The maximum Gasteiger partial charge on any atom is 0.240 e. The van der Waals surface area contributed by atoms with Gasteiger partial charge in [0.05, 0.1) is 13.2 Å². The molecule has 30 heavy (non-hydrogen) atoms. The Morgan fingerprint density at radius 3 is 2.80 bits per heavy atom. The maximum absolute atomic E-state index is 13.5. The van der Waals surface area contributed by atoms with Crippen molar-refractivity contribution in [2.24, 2.45) is 0 Å². The fraction of sp³-hybridized carbons (Fsp3) is 0.286. The van der Waals surface area contributed by atoms with Crippen molar-refractivity contribution in [1.82, 2.24) is 14.9 Å². The lowest BCUT2D eigenvalue weighted by Gasteiger charge is -2.33. The second-order valence-electron chi connectivity index (χ2n) is 6.90. The van der Waals surface area contributed by atoms with E-state index in [1.807, 2.05) is 16.8 Å². The van der Waals surface area contributed by atoms with E-state index in [0.717, 1.165) is 24.2 Å². The molecule has 2 unspecified atom stereocenters. The molecule has 0 aliphatic carbocycles. The van der Waals surface area contributed by atoms with Gasteiger partial charge in [-0.1, -0.05) is 36.9 Å². The zero-order valence-corrected chi connectivity index (χ0v) is 17.4. The number of hydrogen-bond acceptors (Lipinski definition) is 6. The number of anilines is 1. The summed E-state index contributed by atoms with van der Waals surface area (Å²) in [7, 11) is 1.58. The predicted octanol–water partition coefficient (Wildman–Crippen LogP) is 3.78. The maximum atomic E-state index is 13.5. The lowest BCUT2D eigenvalue weighted by atomic mass is 10.0. The van der Waals surface area contributed by atoms with Crippen LogP contribution in [0.25, 0.3) is 0 Å². The zero-order valence-electron chi connectivity index (χ0n) is 16.6. The SMILES string of the molecule is CCCc1nnc2n1NC(c1ccc(F)cc1)C(C(=O)Nc1cccc(OC)c1)S2. The normalized spacial score (nSPS) is 17.7. The van der Waals surface area contributed by atoms with E-state index in [4.69, 9.17) is 4.74 Å². The van der Waals surface area contributed by atoms with Crippen LogP contribution in [0.1, 0.15) is 30.8 Å². The molecule has 4 rings (SSSR count). The van der Waals surface area contributed by atoms with Gasteiger partial charge in [-0.15, -0.1) is 10.2 Å². The van der Waals surface area contributed by atoms with Crippen molar-refractivity contribution in [3.8, 4) is 5.75 Å². The number of fused-ring (bicyclic) bond motifs is 1. The van der Waals surface area contributed by atoms with Crippen LogP contribution in [0.15, 0.2) is 53.7 Å². The molecule has 0 bridgehead atoms. The van der Waals surface area contributed by atoms with Crippen molar-refractivity contribution < 1.29 is 13.9 Å². The molecule has 2 aromatic carbocycles. The monoisotopic (exact) mass is 427 g/mol. The van der Waals surface area contributed by atoms with E-state index >= 15 is 0 Å². The lowest BCUT2D eigenvalue weighted by molar-refractivity contribution is -0.116. The number of carbonyl (C=O) groups excluding carboxylic acids is 1. The number of hydrogen-bond donors (Lipinski definition) is 2. The van der Waals surface area contributed by atoms with Gasteiger partial charge in [0, 0.05) is 18.2 Å². The van der Waals surface area contributed by atoms with Crippen LogP contribution in [0, 0.1) is 5.82 Å². The summed E-state index contributed by atoms with van der Waals surface area (Å²) in [6, 6.07) is 13.0. The molecule has 1 aliphatic rings. The van der Waals surface area contributed by atoms with Crippen LogP contribution >= 0.6 is 11.8 Å². The molecule has 1 aromatic heterocycles. The van der Waals surface area contributed by atoms with Gasteiger partial charge >= 0.3 is 0 Å². The lowest BCUT2D eigenvalue weighted by Crippen LogP contribution is -2.41. The molecule has 9 heteroatoms. The summed E-state index contributed by atoms with van der Waals surface area (Å²) < 4.78 is 20.5. The predicted molar refractivity (Wildman–Crippen MR) is 114 cm³/mol. The largest absolute Gasteiger partial charge is 0.497 e. The average molecular weight is 428 g/mol. The van der Waals surface area contributed by atoms with E-state index in [-0.39, 0.29) is 17.8 Å². The summed E-state index contributed by atoms with van der Waals surface area (Å²) in [5.41, 5.74) is 4.81. The third kappa shape index (κ3) is 4.11. The van der Waals surface area contributed by atoms with Gasteiger partial charge in [-0.05, 0) is 36.2 Å². The van der Waals surface area contributed by atoms with Crippen molar-refractivity contribution in [1.29, 1.82) is 0 Å². The molecule has 0 saturated heterocycles. The number of rotatable bonds is 6. The molecule has 1 amide bonds. The molecule has 0 radical (unpaired) electrons. The van der Waals surface area contributed by atoms with Gasteiger partial charge in [-0.25, -0.2) is 9.07 Å². The summed E-state index contributed by atoms with van der Waals surface area (Å²) >= 11 is 1.34. The van der Waals surface area contributed by atoms with Crippen molar-refractivity contribution in [3.63, 3.8) is 0 Å². The molecule has 0 fully saturated rings. The van der Waals surface area contributed by atoms with Gasteiger partial charge in [-0.3, -0.25) is 4.79 Å². The molecule has 2 N–H and O–H groups in total. The zero-order chi connectivity index (χ0) is 21.1. The molecule has 3 aromatic rings. The molecular formula is C21H22FN5O2S. The van der Waals surface area contributed by atoms with E-state index in [2.05, 4.69) is 27.9 Å². The van der Waals surface area contributed by atoms with E-state index in [1.54, 1.807) is 31.4 Å². The summed E-state index contributed by atoms with van der Waals surface area (Å²) in [4.78, 5) is 13.2.